The van der Waals surface area contributed by atoms with Gasteiger partial charge in [0.15, 0.2) is 0 Å². The Labute approximate surface area is 65.3 Å². The van der Waals surface area contributed by atoms with Crippen LogP contribution in [0.2, 0.25) is 0 Å². The first-order valence-corrected chi connectivity index (χ1v) is 3.37. The third kappa shape index (κ3) is 2.71. The van der Waals surface area contributed by atoms with Crippen LogP contribution >= 0.6 is 0 Å². The molecular formula is C8H10N2O. The van der Waals surface area contributed by atoms with Crippen molar-refractivity contribution in [2.24, 2.45) is 5.73 Å². The molecule has 11 heavy (non-hydrogen) atoms. The van der Waals surface area contributed by atoms with Gasteiger partial charge in [0.2, 0.25) is 5.91 Å². The Morgan fingerprint density at radius 1 is 1.55 bits per heavy atom. The molecular weight excluding hydrogens is 140 g/mol. The molecule has 1 aliphatic rings. The van der Waals surface area contributed by atoms with Crippen LogP contribution in [0.15, 0.2) is 36.2 Å². The molecule has 1 aliphatic heterocycles. The molecule has 0 aromatic heterocycles. The summed E-state index contributed by atoms with van der Waals surface area (Å²) in [6.45, 7) is 0. The molecule has 1 rings (SSSR count). The van der Waals surface area contributed by atoms with Crippen LogP contribution in [-0.4, -0.2) is 5.91 Å². The van der Waals surface area contributed by atoms with Gasteiger partial charge in [-0.25, -0.2) is 0 Å². The fourth-order valence-electron chi connectivity index (χ4n) is 0.717. The maximum Gasteiger partial charge on any atom is 0.227 e. The maximum atomic E-state index is 10.8. The Morgan fingerprint density at radius 3 is 3.18 bits per heavy atom. The zero-order valence-electron chi connectivity index (χ0n) is 6.08. The van der Waals surface area contributed by atoms with E-state index in [2.05, 4.69) is 5.32 Å². The Bertz CT molecular complexity index is 238. The van der Waals surface area contributed by atoms with Crippen molar-refractivity contribution < 1.29 is 4.79 Å². The van der Waals surface area contributed by atoms with Gasteiger partial charge in [-0.15, -0.1) is 0 Å². The highest BCUT2D eigenvalue weighted by Gasteiger charge is 1.94. The predicted molar refractivity (Wildman–Crippen MR) is 43.3 cm³/mol. The average molecular weight is 150 g/mol. The third-order valence-electron chi connectivity index (χ3n) is 1.24. The second-order valence-corrected chi connectivity index (χ2v) is 2.20. The van der Waals surface area contributed by atoms with Gasteiger partial charge in [0.1, 0.15) is 0 Å². The zero-order valence-corrected chi connectivity index (χ0v) is 6.08. The number of allylic oxidation sites excluding steroid dienone is 3. The fourth-order valence-corrected chi connectivity index (χ4v) is 0.717. The third-order valence-corrected chi connectivity index (χ3v) is 1.24. The largest absolute Gasteiger partial charge is 0.399 e. The van der Waals surface area contributed by atoms with E-state index in [9.17, 15) is 4.79 Å². The summed E-state index contributed by atoms with van der Waals surface area (Å²) in [5, 5.41) is 2.57. The van der Waals surface area contributed by atoms with E-state index in [0.717, 1.165) is 0 Å². The Kier molecular flexibility index (Phi) is 2.49. The summed E-state index contributed by atoms with van der Waals surface area (Å²) in [6.07, 6.45) is 8.81. The number of amides is 1. The van der Waals surface area contributed by atoms with E-state index in [0.29, 0.717) is 12.1 Å². The summed E-state index contributed by atoms with van der Waals surface area (Å²) in [5.41, 5.74) is 6.15. The summed E-state index contributed by atoms with van der Waals surface area (Å²) < 4.78 is 0. The highest BCUT2D eigenvalue weighted by atomic mass is 16.1. The lowest BCUT2D eigenvalue weighted by atomic mass is 10.3. The molecule has 0 saturated carbocycles. The maximum absolute atomic E-state index is 10.8. The fraction of sp³-hybridized carbons (Fsp3) is 0.125. The molecule has 0 unspecified atom stereocenters. The van der Waals surface area contributed by atoms with Gasteiger partial charge >= 0.3 is 0 Å². The lowest BCUT2D eigenvalue weighted by Gasteiger charge is -1.91. The summed E-state index contributed by atoms with van der Waals surface area (Å²) >= 11 is 0. The minimum atomic E-state index is -0.0272. The van der Waals surface area contributed by atoms with Crippen LogP contribution in [0.5, 0.6) is 0 Å². The topological polar surface area (TPSA) is 55.1 Å². The van der Waals surface area contributed by atoms with Crippen molar-refractivity contribution in [1.82, 2.24) is 5.32 Å². The molecule has 0 radical (unpaired) electrons. The molecule has 0 atom stereocenters. The van der Waals surface area contributed by atoms with Crippen molar-refractivity contribution in [2.75, 3.05) is 0 Å². The van der Waals surface area contributed by atoms with E-state index >= 15 is 0 Å². The van der Waals surface area contributed by atoms with Gasteiger partial charge in [-0.1, -0.05) is 6.08 Å². The summed E-state index contributed by atoms with van der Waals surface area (Å²) in [5.74, 6) is -0.0272. The number of rotatable bonds is 0. The minimum Gasteiger partial charge on any atom is -0.399 e. The molecule has 0 spiro atoms. The molecule has 0 fully saturated rings. The smallest absolute Gasteiger partial charge is 0.227 e. The lowest BCUT2D eigenvalue weighted by Crippen LogP contribution is -2.14. The second kappa shape index (κ2) is 3.61. The SMILES string of the molecule is NC1=C/C=C/NC(=O)CC=C1. The molecule has 3 heteroatoms. The first kappa shape index (κ1) is 7.60. The van der Waals surface area contributed by atoms with Crippen molar-refractivity contribution in [3.05, 3.63) is 36.2 Å². The van der Waals surface area contributed by atoms with Gasteiger partial charge in [0, 0.05) is 18.3 Å². The van der Waals surface area contributed by atoms with E-state index in [4.69, 9.17) is 5.73 Å². The monoisotopic (exact) mass is 150 g/mol. The molecule has 0 bridgehead atoms. The van der Waals surface area contributed by atoms with Crippen LogP contribution in [0, 0.1) is 0 Å². The molecule has 0 aliphatic carbocycles. The number of hydrogen-bond donors (Lipinski definition) is 2. The van der Waals surface area contributed by atoms with Crippen molar-refractivity contribution >= 4 is 5.91 Å². The number of hydrogen-bond acceptors (Lipinski definition) is 2. The van der Waals surface area contributed by atoms with E-state index in [-0.39, 0.29) is 5.91 Å². The first-order valence-electron chi connectivity index (χ1n) is 3.37. The number of nitrogens with one attached hydrogen (secondary N) is 1. The highest BCUT2D eigenvalue weighted by Crippen LogP contribution is 1.93. The molecule has 1 amide bonds. The van der Waals surface area contributed by atoms with E-state index < -0.39 is 0 Å². The van der Waals surface area contributed by atoms with Gasteiger partial charge in [0.05, 0.1) is 0 Å². The van der Waals surface area contributed by atoms with Crippen LogP contribution < -0.4 is 11.1 Å². The summed E-state index contributed by atoms with van der Waals surface area (Å²) in [7, 11) is 0. The van der Waals surface area contributed by atoms with E-state index in [1.807, 2.05) is 0 Å². The molecule has 0 aromatic rings. The standard InChI is InChI=1S/C8H10N2O/c9-7-3-1-5-8(11)10-6-2-4-7/h1-4,6H,5,9H2,(H,10,11)/b3-1?,6-2+,7-4?. The predicted octanol–water partition coefficient (Wildman–Crippen LogP) is 0.419. The van der Waals surface area contributed by atoms with Crippen molar-refractivity contribution in [3.8, 4) is 0 Å². The molecule has 0 saturated heterocycles. The molecule has 3 N–H and O–H groups in total. The van der Waals surface area contributed by atoms with Crippen LogP contribution in [0.1, 0.15) is 6.42 Å². The van der Waals surface area contributed by atoms with Crippen molar-refractivity contribution in [2.45, 2.75) is 6.42 Å². The van der Waals surface area contributed by atoms with E-state index in [1.54, 1.807) is 30.5 Å². The van der Waals surface area contributed by atoms with Crippen molar-refractivity contribution in [3.63, 3.8) is 0 Å². The number of nitrogens with two attached hydrogens (primary N) is 1. The number of carbonyl (C=O) groups excluding carboxylic acids is 1. The van der Waals surface area contributed by atoms with Gasteiger partial charge in [-0.3, -0.25) is 4.79 Å². The van der Waals surface area contributed by atoms with Crippen molar-refractivity contribution in [1.29, 1.82) is 0 Å². The molecule has 58 valence electrons. The molecule has 3 nitrogen and oxygen atoms in total. The van der Waals surface area contributed by atoms with Gasteiger partial charge in [-0.05, 0) is 18.2 Å². The second-order valence-electron chi connectivity index (χ2n) is 2.20. The van der Waals surface area contributed by atoms with Gasteiger partial charge in [-0.2, -0.15) is 0 Å². The van der Waals surface area contributed by atoms with Gasteiger partial charge < -0.3 is 11.1 Å². The van der Waals surface area contributed by atoms with Gasteiger partial charge in [0.25, 0.3) is 0 Å². The molecule has 0 aromatic carbocycles. The van der Waals surface area contributed by atoms with Crippen LogP contribution in [0.4, 0.5) is 0 Å². The summed E-state index contributed by atoms with van der Waals surface area (Å²) in [6, 6.07) is 0. The first-order chi connectivity index (χ1) is 5.29. The molecule has 1 heterocycles. The average Bonchev–Trinajstić information content (AvgIpc) is 2.04. The summed E-state index contributed by atoms with van der Waals surface area (Å²) in [4.78, 5) is 10.8. The van der Waals surface area contributed by atoms with E-state index in [1.165, 1.54) is 0 Å². The number of carbonyl (C=O) groups is 1. The lowest BCUT2D eigenvalue weighted by molar-refractivity contribution is -0.119. The highest BCUT2D eigenvalue weighted by molar-refractivity contribution is 5.78. The quantitative estimate of drug-likeness (QED) is 0.525. The van der Waals surface area contributed by atoms with Crippen LogP contribution in [0.3, 0.4) is 0 Å². The zero-order chi connectivity index (χ0) is 8.10. The Morgan fingerprint density at radius 2 is 2.36 bits per heavy atom. The van der Waals surface area contributed by atoms with Crippen LogP contribution in [-0.2, 0) is 4.79 Å². The Balaban J connectivity index is 2.72. The Hall–Kier alpha value is -1.51. The van der Waals surface area contributed by atoms with Crippen LogP contribution in [0.25, 0.3) is 0 Å². The normalized spacial score (nSPS) is 20.7. The minimum absolute atomic E-state index is 0.0272.